The van der Waals surface area contributed by atoms with Crippen molar-refractivity contribution in [2.24, 2.45) is 0 Å². The molecule has 6 rings (SSSR count). The van der Waals surface area contributed by atoms with Crippen LogP contribution in [0.15, 0.2) is 29.6 Å². The second-order valence-electron chi connectivity index (χ2n) is 8.51. The van der Waals surface area contributed by atoms with E-state index in [1.54, 1.807) is 29.4 Å². The third kappa shape index (κ3) is 3.63. The lowest BCUT2D eigenvalue weighted by Crippen LogP contribution is -2.32. The molecule has 2 aliphatic heterocycles. The van der Waals surface area contributed by atoms with Crippen molar-refractivity contribution in [1.82, 2.24) is 14.9 Å². The first kappa shape index (κ1) is 20.3. The Morgan fingerprint density at radius 3 is 2.94 bits per heavy atom. The molecule has 8 heteroatoms. The first-order chi connectivity index (χ1) is 15.8. The number of hydrogen-bond donors (Lipinski definition) is 0. The van der Waals surface area contributed by atoms with Crippen molar-refractivity contribution in [3.05, 3.63) is 40.5 Å². The van der Waals surface area contributed by atoms with Gasteiger partial charge in [-0.3, -0.25) is 4.79 Å². The molecule has 166 valence electrons. The van der Waals surface area contributed by atoms with Crippen LogP contribution in [0, 0.1) is 0 Å². The molecule has 1 fully saturated rings. The molecule has 32 heavy (non-hydrogen) atoms. The maximum atomic E-state index is 13.3. The minimum Gasteiger partial charge on any atom is -0.486 e. The van der Waals surface area contributed by atoms with Crippen molar-refractivity contribution in [1.29, 1.82) is 0 Å². The molecule has 0 radical (unpaired) electrons. The Morgan fingerprint density at radius 2 is 2.00 bits per heavy atom. The third-order valence-corrected chi connectivity index (χ3v) is 8.75. The largest absolute Gasteiger partial charge is 0.486 e. The highest BCUT2D eigenvalue weighted by Gasteiger charge is 2.31. The van der Waals surface area contributed by atoms with Crippen LogP contribution >= 0.6 is 23.1 Å². The Morgan fingerprint density at radius 1 is 1.12 bits per heavy atom. The molecule has 1 saturated heterocycles. The van der Waals surface area contributed by atoms with Crippen molar-refractivity contribution >= 4 is 39.2 Å². The van der Waals surface area contributed by atoms with Gasteiger partial charge in [-0.25, -0.2) is 9.97 Å². The summed E-state index contributed by atoms with van der Waals surface area (Å²) >= 11 is 3.36. The Balaban J connectivity index is 1.20. The highest BCUT2D eigenvalue weighted by atomic mass is 32.2. The van der Waals surface area contributed by atoms with Gasteiger partial charge in [0.05, 0.1) is 11.8 Å². The summed E-state index contributed by atoms with van der Waals surface area (Å²) in [6.07, 6.45) is 8.36. The zero-order valence-electron chi connectivity index (χ0n) is 17.8. The van der Waals surface area contributed by atoms with Gasteiger partial charge < -0.3 is 14.4 Å². The lowest BCUT2D eigenvalue weighted by atomic mass is 9.97. The van der Waals surface area contributed by atoms with Gasteiger partial charge in [-0.1, -0.05) is 17.8 Å². The van der Waals surface area contributed by atoms with Gasteiger partial charge in [0.25, 0.3) is 0 Å². The molecule has 1 aromatic carbocycles. The number of aryl methyl sites for hydroxylation is 2. The fourth-order valence-electron chi connectivity index (χ4n) is 5.06. The normalized spacial score (nSPS) is 19.9. The lowest BCUT2D eigenvalue weighted by Gasteiger charge is -2.26. The average molecular weight is 468 g/mol. The maximum absolute atomic E-state index is 13.3. The molecule has 1 atom stereocenters. The Hall–Kier alpha value is -2.32. The van der Waals surface area contributed by atoms with Crippen LogP contribution in [-0.4, -0.2) is 46.3 Å². The molecule has 1 unspecified atom stereocenters. The fourth-order valence-corrected chi connectivity index (χ4v) is 7.27. The van der Waals surface area contributed by atoms with Crippen LogP contribution < -0.4 is 9.47 Å². The Bertz CT molecular complexity index is 1180. The van der Waals surface area contributed by atoms with E-state index in [0.717, 1.165) is 59.1 Å². The highest BCUT2D eigenvalue weighted by Crippen LogP contribution is 2.41. The molecule has 4 heterocycles. The number of ether oxygens (including phenoxy) is 2. The molecular formula is C24H25N3O3S2. The minimum atomic E-state index is 0.0956. The molecule has 3 aromatic rings. The van der Waals surface area contributed by atoms with Gasteiger partial charge >= 0.3 is 0 Å². The number of hydrogen-bond acceptors (Lipinski definition) is 7. The van der Waals surface area contributed by atoms with Crippen molar-refractivity contribution in [3.63, 3.8) is 0 Å². The number of thiophene rings is 1. The second-order valence-corrected chi connectivity index (χ2v) is 10.6. The van der Waals surface area contributed by atoms with Gasteiger partial charge in [0.2, 0.25) is 5.91 Å². The van der Waals surface area contributed by atoms with Gasteiger partial charge in [0, 0.05) is 16.8 Å². The maximum Gasteiger partial charge on any atom is 0.233 e. The zero-order valence-corrected chi connectivity index (χ0v) is 19.5. The van der Waals surface area contributed by atoms with Crippen LogP contribution in [0.5, 0.6) is 11.5 Å². The molecule has 2 aromatic heterocycles. The van der Waals surface area contributed by atoms with Gasteiger partial charge in [0.15, 0.2) is 11.5 Å². The van der Waals surface area contributed by atoms with Crippen LogP contribution in [0.4, 0.5) is 0 Å². The van der Waals surface area contributed by atoms with Gasteiger partial charge in [-0.15, -0.1) is 11.3 Å². The standard InChI is InChI=1S/C24H25N3O3S2/c28-21(13-31-23-22-16-4-1-2-6-20(16)32-24(22)26-14-25-23)27-9-3-5-17(27)15-7-8-18-19(12-15)30-11-10-29-18/h7-8,12,14,17H,1-6,9-11,13H2. The summed E-state index contributed by atoms with van der Waals surface area (Å²) in [4.78, 5) is 26.9. The topological polar surface area (TPSA) is 64.6 Å². The summed E-state index contributed by atoms with van der Waals surface area (Å²) in [5.74, 6) is 2.15. The molecule has 1 aliphatic carbocycles. The van der Waals surface area contributed by atoms with E-state index in [9.17, 15) is 4.79 Å². The predicted molar refractivity (Wildman–Crippen MR) is 126 cm³/mol. The van der Waals surface area contributed by atoms with Crippen LogP contribution in [0.1, 0.15) is 47.7 Å². The van der Waals surface area contributed by atoms with E-state index >= 15 is 0 Å². The zero-order chi connectivity index (χ0) is 21.5. The number of nitrogens with zero attached hydrogens (tertiary/aromatic N) is 3. The Labute approximate surface area is 195 Å². The lowest BCUT2D eigenvalue weighted by molar-refractivity contribution is -0.129. The second kappa shape index (κ2) is 8.56. The Kier molecular flexibility index (Phi) is 5.43. The molecule has 1 amide bonds. The number of carbonyl (C=O) groups is 1. The molecule has 3 aliphatic rings. The van der Waals surface area contributed by atoms with Crippen molar-refractivity contribution in [3.8, 4) is 11.5 Å². The molecule has 0 bridgehead atoms. The third-order valence-electron chi connectivity index (χ3n) is 6.57. The fraction of sp³-hybridized carbons (Fsp3) is 0.458. The van der Waals surface area contributed by atoms with Crippen molar-refractivity contribution in [2.45, 2.75) is 49.6 Å². The van der Waals surface area contributed by atoms with Gasteiger partial charge in [0.1, 0.15) is 29.4 Å². The number of carbonyl (C=O) groups excluding carboxylic acids is 1. The average Bonchev–Trinajstić information content (AvgIpc) is 3.47. The quantitative estimate of drug-likeness (QED) is 0.406. The van der Waals surface area contributed by atoms with Gasteiger partial charge in [-0.05, 0) is 61.8 Å². The summed E-state index contributed by atoms with van der Waals surface area (Å²) in [6, 6.07) is 6.18. The van der Waals surface area contributed by atoms with Gasteiger partial charge in [-0.2, -0.15) is 0 Å². The summed E-state index contributed by atoms with van der Waals surface area (Å²) in [7, 11) is 0. The SMILES string of the molecule is O=C(CSc1ncnc2sc3c(c12)CCCC3)N1CCCC1c1ccc2c(c1)OCCO2. The van der Waals surface area contributed by atoms with E-state index in [1.165, 1.54) is 28.7 Å². The van der Waals surface area contributed by atoms with E-state index < -0.39 is 0 Å². The number of fused-ring (bicyclic) bond motifs is 4. The molecular weight excluding hydrogens is 442 g/mol. The first-order valence-electron chi connectivity index (χ1n) is 11.3. The van der Waals surface area contributed by atoms with Crippen LogP contribution in [0.2, 0.25) is 0 Å². The molecule has 0 spiro atoms. The smallest absolute Gasteiger partial charge is 0.233 e. The number of rotatable bonds is 4. The van der Waals surface area contributed by atoms with E-state index in [4.69, 9.17) is 9.47 Å². The molecule has 0 saturated carbocycles. The van der Waals surface area contributed by atoms with E-state index in [2.05, 4.69) is 16.0 Å². The molecule has 6 nitrogen and oxygen atoms in total. The minimum absolute atomic E-state index is 0.0956. The van der Waals surface area contributed by atoms with Crippen LogP contribution in [0.25, 0.3) is 10.2 Å². The van der Waals surface area contributed by atoms with Crippen molar-refractivity contribution < 1.29 is 14.3 Å². The summed E-state index contributed by atoms with van der Waals surface area (Å²) < 4.78 is 11.4. The van der Waals surface area contributed by atoms with E-state index in [-0.39, 0.29) is 11.9 Å². The monoisotopic (exact) mass is 467 g/mol. The molecule has 0 N–H and O–H groups in total. The number of thioether (sulfide) groups is 1. The summed E-state index contributed by atoms with van der Waals surface area (Å²) in [5.41, 5.74) is 2.54. The van der Waals surface area contributed by atoms with E-state index in [0.29, 0.717) is 19.0 Å². The highest BCUT2D eigenvalue weighted by molar-refractivity contribution is 8.00. The number of benzene rings is 1. The summed E-state index contributed by atoms with van der Waals surface area (Å²) in [5, 5.41) is 2.15. The number of aromatic nitrogens is 2. The van der Waals surface area contributed by atoms with Crippen LogP contribution in [-0.2, 0) is 17.6 Å². The summed E-state index contributed by atoms with van der Waals surface area (Å²) in [6.45, 7) is 1.95. The van der Waals surface area contributed by atoms with Crippen molar-refractivity contribution in [2.75, 3.05) is 25.5 Å². The number of amides is 1. The number of likely N-dealkylation sites (tertiary alicyclic amines) is 1. The first-order valence-corrected chi connectivity index (χ1v) is 13.2. The van der Waals surface area contributed by atoms with E-state index in [1.807, 2.05) is 17.0 Å². The van der Waals surface area contributed by atoms with Crippen LogP contribution in [0.3, 0.4) is 0 Å². The predicted octanol–water partition coefficient (Wildman–Crippen LogP) is 4.80.